The number of hydrogen-bond acceptors (Lipinski definition) is 5. The molecule has 9 heteroatoms. The van der Waals surface area contributed by atoms with Gasteiger partial charge in [0.15, 0.2) is 5.70 Å². The number of halogens is 2. The molecule has 3 rings (SSSR count). The highest BCUT2D eigenvalue weighted by Gasteiger charge is 2.27. The fourth-order valence-electron chi connectivity index (χ4n) is 2.80. The molecular formula is C20H18F2N2O4S. The summed E-state index contributed by atoms with van der Waals surface area (Å²) < 4.78 is 58.7. The van der Waals surface area contributed by atoms with Gasteiger partial charge >= 0.3 is 5.97 Å². The van der Waals surface area contributed by atoms with E-state index in [1.54, 1.807) is 19.9 Å². The molecule has 0 unspecified atom stereocenters. The second-order valence-electron chi connectivity index (χ2n) is 6.12. The summed E-state index contributed by atoms with van der Waals surface area (Å²) in [5, 5.41) is 0. The topological polar surface area (TPSA) is 76.0 Å². The van der Waals surface area contributed by atoms with Gasteiger partial charge in [-0.05, 0) is 36.4 Å². The minimum atomic E-state index is -3.70. The number of carbonyl (C=O) groups excluding carboxylic acids is 1. The van der Waals surface area contributed by atoms with Gasteiger partial charge in [0.1, 0.15) is 11.6 Å². The van der Waals surface area contributed by atoms with Crippen LogP contribution in [0.5, 0.6) is 0 Å². The quantitative estimate of drug-likeness (QED) is 0.531. The van der Waals surface area contributed by atoms with Gasteiger partial charge in [-0.2, -0.15) is 4.31 Å². The molecule has 1 aliphatic rings. The zero-order valence-electron chi connectivity index (χ0n) is 15.7. The number of cyclic esters (lactones) is 1. The van der Waals surface area contributed by atoms with Gasteiger partial charge < -0.3 is 4.74 Å². The normalized spacial score (nSPS) is 15.7. The van der Waals surface area contributed by atoms with E-state index in [-0.39, 0.29) is 27.6 Å². The second-order valence-corrected chi connectivity index (χ2v) is 8.06. The Hall–Kier alpha value is -2.91. The molecule has 0 saturated heterocycles. The van der Waals surface area contributed by atoms with Gasteiger partial charge in [-0.15, -0.1) is 0 Å². The number of rotatable bonds is 6. The molecule has 2 aromatic rings. The Kier molecular flexibility index (Phi) is 5.90. The summed E-state index contributed by atoms with van der Waals surface area (Å²) in [7, 11) is -3.70. The number of esters is 1. The first-order valence-corrected chi connectivity index (χ1v) is 10.3. The third-order valence-corrected chi connectivity index (χ3v) is 6.35. The van der Waals surface area contributed by atoms with Crippen LogP contribution in [0.1, 0.15) is 25.0 Å². The third-order valence-electron chi connectivity index (χ3n) is 4.30. The van der Waals surface area contributed by atoms with Crippen molar-refractivity contribution in [3.8, 4) is 0 Å². The SMILES string of the molecule is CCN(CC)S(=O)(=O)c1cccc(C2=N/C(=C\c3ccc(F)cc3F)C(=O)O2)c1. The van der Waals surface area contributed by atoms with Crippen molar-refractivity contribution in [2.45, 2.75) is 18.7 Å². The van der Waals surface area contributed by atoms with E-state index >= 15 is 0 Å². The van der Waals surface area contributed by atoms with E-state index < -0.39 is 27.6 Å². The number of sulfonamides is 1. The van der Waals surface area contributed by atoms with E-state index in [0.717, 1.165) is 12.1 Å². The van der Waals surface area contributed by atoms with E-state index in [0.29, 0.717) is 19.2 Å². The van der Waals surface area contributed by atoms with Gasteiger partial charge in [0.05, 0.1) is 4.90 Å². The van der Waals surface area contributed by atoms with E-state index in [1.807, 2.05) is 0 Å². The van der Waals surface area contributed by atoms with Gasteiger partial charge in [0.25, 0.3) is 0 Å². The minimum Gasteiger partial charge on any atom is -0.402 e. The third kappa shape index (κ3) is 4.25. The summed E-state index contributed by atoms with van der Waals surface area (Å²) in [6.45, 7) is 4.10. The van der Waals surface area contributed by atoms with Crippen LogP contribution in [0.2, 0.25) is 0 Å². The Balaban J connectivity index is 1.97. The van der Waals surface area contributed by atoms with Crippen molar-refractivity contribution in [3.05, 3.63) is 70.9 Å². The Labute approximate surface area is 167 Å². The van der Waals surface area contributed by atoms with E-state index in [9.17, 15) is 22.0 Å². The van der Waals surface area contributed by atoms with Crippen LogP contribution in [0, 0.1) is 11.6 Å². The van der Waals surface area contributed by atoms with Crippen molar-refractivity contribution >= 4 is 28.0 Å². The molecule has 0 atom stereocenters. The van der Waals surface area contributed by atoms with Crippen molar-refractivity contribution in [2.75, 3.05) is 13.1 Å². The van der Waals surface area contributed by atoms with Crippen molar-refractivity contribution in [3.63, 3.8) is 0 Å². The maximum Gasteiger partial charge on any atom is 0.363 e. The molecule has 1 heterocycles. The highest BCUT2D eigenvalue weighted by atomic mass is 32.2. The number of hydrogen-bond donors (Lipinski definition) is 0. The summed E-state index contributed by atoms with van der Waals surface area (Å²) in [6, 6.07) is 8.80. The predicted octanol–water partition coefficient (Wildman–Crippen LogP) is 3.34. The average molecular weight is 420 g/mol. The highest BCUT2D eigenvalue weighted by molar-refractivity contribution is 7.89. The van der Waals surface area contributed by atoms with Gasteiger partial charge in [0, 0.05) is 30.3 Å². The van der Waals surface area contributed by atoms with Crippen molar-refractivity contribution in [1.82, 2.24) is 4.31 Å². The van der Waals surface area contributed by atoms with Crippen LogP contribution in [-0.2, 0) is 19.6 Å². The van der Waals surface area contributed by atoms with E-state index in [4.69, 9.17) is 4.74 Å². The van der Waals surface area contributed by atoms with Gasteiger partial charge in [-0.1, -0.05) is 19.9 Å². The fraction of sp³-hybridized carbons (Fsp3) is 0.200. The lowest BCUT2D eigenvalue weighted by Gasteiger charge is -2.18. The molecule has 0 saturated carbocycles. The number of benzene rings is 2. The molecule has 1 aliphatic heterocycles. The van der Waals surface area contributed by atoms with Gasteiger partial charge in [-0.25, -0.2) is 27.0 Å². The zero-order valence-corrected chi connectivity index (χ0v) is 16.5. The first-order valence-electron chi connectivity index (χ1n) is 8.84. The largest absolute Gasteiger partial charge is 0.402 e. The molecule has 0 bridgehead atoms. The van der Waals surface area contributed by atoms with Crippen LogP contribution < -0.4 is 0 Å². The number of ether oxygens (including phenoxy) is 1. The summed E-state index contributed by atoms with van der Waals surface area (Å²) in [4.78, 5) is 16.2. The molecule has 0 fully saturated rings. The standard InChI is InChI=1S/C20H18F2N2O4S/c1-3-24(4-2)29(26,27)16-7-5-6-14(10-16)19-23-18(20(25)28-19)11-13-8-9-15(21)12-17(13)22/h5-12H,3-4H2,1-2H3/b18-11-. The van der Waals surface area contributed by atoms with Crippen LogP contribution in [-0.4, -0.2) is 37.7 Å². The first kappa shape index (κ1) is 20.8. The zero-order chi connectivity index (χ0) is 21.2. The van der Waals surface area contributed by atoms with Crippen LogP contribution in [0.25, 0.3) is 6.08 Å². The molecular weight excluding hydrogens is 402 g/mol. The molecule has 2 aromatic carbocycles. The first-order chi connectivity index (χ1) is 13.8. The molecule has 152 valence electrons. The summed E-state index contributed by atoms with van der Waals surface area (Å²) in [5.41, 5.74) is 0.0817. The smallest absolute Gasteiger partial charge is 0.363 e. The maximum absolute atomic E-state index is 13.8. The second kappa shape index (κ2) is 8.22. The predicted molar refractivity (Wildman–Crippen MR) is 104 cm³/mol. The molecule has 6 nitrogen and oxygen atoms in total. The highest BCUT2D eigenvalue weighted by Crippen LogP contribution is 2.23. The number of nitrogens with zero attached hydrogens (tertiary/aromatic N) is 2. The fourth-order valence-corrected chi connectivity index (χ4v) is 4.31. The molecule has 0 N–H and O–H groups in total. The minimum absolute atomic E-state index is 0.0267. The van der Waals surface area contributed by atoms with Crippen molar-refractivity contribution in [1.29, 1.82) is 0 Å². The Morgan fingerprint density at radius 2 is 1.83 bits per heavy atom. The lowest BCUT2D eigenvalue weighted by Crippen LogP contribution is -2.30. The van der Waals surface area contributed by atoms with E-state index in [1.165, 1.54) is 28.6 Å². The van der Waals surface area contributed by atoms with Crippen LogP contribution >= 0.6 is 0 Å². The Morgan fingerprint density at radius 1 is 1.10 bits per heavy atom. The molecule has 0 aromatic heterocycles. The van der Waals surface area contributed by atoms with Crippen molar-refractivity contribution < 1.29 is 26.7 Å². The molecule has 0 amide bonds. The molecule has 0 aliphatic carbocycles. The summed E-state index contributed by atoms with van der Waals surface area (Å²) >= 11 is 0. The van der Waals surface area contributed by atoms with Crippen LogP contribution in [0.3, 0.4) is 0 Å². The number of aliphatic imine (C=N–C) groups is 1. The molecule has 0 spiro atoms. The van der Waals surface area contributed by atoms with Crippen molar-refractivity contribution in [2.24, 2.45) is 4.99 Å². The van der Waals surface area contributed by atoms with Gasteiger partial charge in [-0.3, -0.25) is 0 Å². The average Bonchev–Trinajstić information content (AvgIpc) is 3.05. The van der Waals surface area contributed by atoms with Crippen LogP contribution in [0.4, 0.5) is 8.78 Å². The van der Waals surface area contributed by atoms with Gasteiger partial charge in [0.2, 0.25) is 15.9 Å². The number of carbonyl (C=O) groups is 1. The monoisotopic (exact) mass is 420 g/mol. The van der Waals surface area contributed by atoms with Crippen LogP contribution in [0.15, 0.2) is 58.0 Å². The lowest BCUT2D eigenvalue weighted by molar-refractivity contribution is -0.129. The summed E-state index contributed by atoms with van der Waals surface area (Å²) in [5.74, 6) is -2.50. The molecule has 0 radical (unpaired) electrons. The maximum atomic E-state index is 13.8. The van der Waals surface area contributed by atoms with E-state index in [2.05, 4.69) is 4.99 Å². The Bertz CT molecular complexity index is 1120. The lowest BCUT2D eigenvalue weighted by atomic mass is 10.2. The molecule has 29 heavy (non-hydrogen) atoms. The summed E-state index contributed by atoms with van der Waals surface area (Å²) in [6.07, 6.45) is 1.14. The Morgan fingerprint density at radius 3 is 2.48 bits per heavy atom.